The molecule has 16 heavy (non-hydrogen) atoms. The maximum Gasteiger partial charge on any atom is 0.120 e. The maximum atomic E-state index is 9.51. The van der Waals surface area contributed by atoms with Gasteiger partial charge in [-0.15, -0.1) is 0 Å². The van der Waals surface area contributed by atoms with E-state index in [-0.39, 0.29) is 6.61 Å². The van der Waals surface area contributed by atoms with Gasteiger partial charge in [0.2, 0.25) is 0 Å². The van der Waals surface area contributed by atoms with E-state index in [0.717, 1.165) is 30.0 Å². The van der Waals surface area contributed by atoms with Crippen molar-refractivity contribution in [1.29, 1.82) is 0 Å². The second-order valence-electron chi connectivity index (χ2n) is 3.50. The molecule has 0 atom stereocenters. The van der Waals surface area contributed by atoms with Gasteiger partial charge >= 0.3 is 0 Å². The predicted molar refractivity (Wildman–Crippen MR) is 68.8 cm³/mol. The first-order valence-corrected chi connectivity index (χ1v) is 6.66. The number of thioether (sulfide) groups is 1. The van der Waals surface area contributed by atoms with E-state index in [1.165, 1.54) is 0 Å². The van der Waals surface area contributed by atoms with Gasteiger partial charge < -0.3 is 15.5 Å². The minimum atomic E-state index is 0.276. The minimum Gasteiger partial charge on any atom is -0.508 e. The highest BCUT2D eigenvalue weighted by Gasteiger charge is 1.97. The Morgan fingerprint density at radius 2 is 2.00 bits per heavy atom. The molecule has 90 valence electrons. The fourth-order valence-electron chi connectivity index (χ4n) is 1.30. The van der Waals surface area contributed by atoms with Gasteiger partial charge in [-0.1, -0.05) is 18.2 Å². The summed E-state index contributed by atoms with van der Waals surface area (Å²) in [5, 5.41) is 21.4. The van der Waals surface area contributed by atoms with E-state index in [4.69, 9.17) is 5.11 Å². The molecule has 0 aliphatic heterocycles. The Bertz CT molecular complexity index is 294. The number of aliphatic hydroxyl groups excluding tert-OH is 1. The highest BCUT2D eigenvalue weighted by Crippen LogP contribution is 2.14. The van der Waals surface area contributed by atoms with Crippen molar-refractivity contribution in [2.45, 2.75) is 13.0 Å². The first-order valence-electron chi connectivity index (χ1n) is 5.51. The van der Waals surface area contributed by atoms with E-state index < -0.39 is 0 Å². The van der Waals surface area contributed by atoms with Gasteiger partial charge in [0.25, 0.3) is 0 Å². The monoisotopic (exact) mass is 241 g/mol. The summed E-state index contributed by atoms with van der Waals surface area (Å²) in [6.07, 6.45) is 0.865. The van der Waals surface area contributed by atoms with Crippen molar-refractivity contribution < 1.29 is 10.2 Å². The van der Waals surface area contributed by atoms with Crippen LogP contribution in [0.25, 0.3) is 0 Å². The highest BCUT2D eigenvalue weighted by atomic mass is 32.2. The molecule has 0 amide bonds. The van der Waals surface area contributed by atoms with Crippen molar-refractivity contribution >= 4 is 11.8 Å². The number of phenolic OH excluding ortho intramolecular Hbond substituents is 1. The topological polar surface area (TPSA) is 52.5 Å². The molecule has 1 aromatic rings. The third-order valence-electron chi connectivity index (χ3n) is 2.18. The lowest BCUT2D eigenvalue weighted by atomic mass is 10.2. The number of rotatable bonds is 8. The third kappa shape index (κ3) is 5.39. The summed E-state index contributed by atoms with van der Waals surface area (Å²) in [5.74, 6) is 2.39. The molecule has 3 nitrogen and oxygen atoms in total. The van der Waals surface area contributed by atoms with Gasteiger partial charge in [-0.2, -0.15) is 11.8 Å². The van der Waals surface area contributed by atoms with Crippen LogP contribution in [0.2, 0.25) is 0 Å². The number of aromatic hydroxyl groups is 1. The molecule has 1 aromatic carbocycles. The molecular weight excluding hydrogens is 222 g/mol. The van der Waals surface area contributed by atoms with E-state index in [0.29, 0.717) is 12.3 Å². The zero-order valence-corrected chi connectivity index (χ0v) is 10.2. The molecule has 0 spiro atoms. The lowest BCUT2D eigenvalue weighted by Gasteiger charge is -2.06. The Balaban J connectivity index is 2.05. The van der Waals surface area contributed by atoms with E-state index in [2.05, 4.69) is 5.32 Å². The van der Waals surface area contributed by atoms with Crippen LogP contribution >= 0.6 is 11.8 Å². The van der Waals surface area contributed by atoms with Crippen molar-refractivity contribution in [1.82, 2.24) is 5.32 Å². The summed E-state index contributed by atoms with van der Waals surface area (Å²) in [6.45, 7) is 1.90. The van der Waals surface area contributed by atoms with Crippen molar-refractivity contribution in [3.8, 4) is 5.75 Å². The smallest absolute Gasteiger partial charge is 0.120 e. The van der Waals surface area contributed by atoms with Crippen LogP contribution in [-0.4, -0.2) is 34.9 Å². The third-order valence-corrected chi connectivity index (χ3v) is 3.25. The lowest BCUT2D eigenvalue weighted by molar-refractivity contribution is 0.296. The van der Waals surface area contributed by atoms with Crippen LogP contribution in [-0.2, 0) is 6.54 Å². The normalized spacial score (nSPS) is 10.6. The molecule has 0 aromatic heterocycles. The Hall–Kier alpha value is -0.710. The second kappa shape index (κ2) is 8.44. The molecule has 3 N–H and O–H groups in total. The summed E-state index contributed by atoms with van der Waals surface area (Å²) in [7, 11) is 0. The maximum absolute atomic E-state index is 9.51. The molecule has 0 saturated carbocycles. The molecule has 4 heteroatoms. The fraction of sp³-hybridized carbons (Fsp3) is 0.500. The molecule has 0 heterocycles. The fourth-order valence-corrected chi connectivity index (χ4v) is 2.12. The van der Waals surface area contributed by atoms with Crippen molar-refractivity contribution in [3.63, 3.8) is 0 Å². The largest absolute Gasteiger partial charge is 0.508 e. The quantitative estimate of drug-likeness (QED) is 0.605. The first kappa shape index (κ1) is 13.4. The highest BCUT2D eigenvalue weighted by molar-refractivity contribution is 7.99. The van der Waals surface area contributed by atoms with Gasteiger partial charge in [0.1, 0.15) is 5.75 Å². The lowest BCUT2D eigenvalue weighted by Crippen LogP contribution is -2.16. The van der Waals surface area contributed by atoms with Crippen LogP contribution in [0.5, 0.6) is 5.75 Å². The molecule has 0 unspecified atom stereocenters. The number of nitrogens with one attached hydrogen (secondary N) is 1. The summed E-state index contributed by atoms with van der Waals surface area (Å²) in [4.78, 5) is 0. The summed E-state index contributed by atoms with van der Waals surface area (Å²) < 4.78 is 0. The predicted octanol–water partition coefficient (Wildman–Crippen LogP) is 1.60. The van der Waals surface area contributed by atoms with Crippen LogP contribution < -0.4 is 5.32 Å². The van der Waals surface area contributed by atoms with E-state index in [1.54, 1.807) is 6.07 Å². The van der Waals surface area contributed by atoms with Gasteiger partial charge in [0.15, 0.2) is 0 Å². The summed E-state index contributed by atoms with van der Waals surface area (Å²) in [5.41, 5.74) is 0.933. The van der Waals surface area contributed by atoms with Crippen LogP contribution in [0.4, 0.5) is 0 Å². The molecule has 0 fully saturated rings. The van der Waals surface area contributed by atoms with Crippen molar-refractivity contribution in [3.05, 3.63) is 29.8 Å². The zero-order chi connectivity index (χ0) is 11.6. The van der Waals surface area contributed by atoms with Crippen LogP contribution in [0.15, 0.2) is 24.3 Å². The van der Waals surface area contributed by atoms with Gasteiger partial charge in [0.05, 0.1) is 0 Å². The average Bonchev–Trinajstić information content (AvgIpc) is 2.30. The number of hydrogen-bond donors (Lipinski definition) is 3. The number of hydrogen-bond acceptors (Lipinski definition) is 4. The van der Waals surface area contributed by atoms with E-state index in [9.17, 15) is 5.11 Å². The van der Waals surface area contributed by atoms with E-state index >= 15 is 0 Å². The Labute approximate surface area is 101 Å². The zero-order valence-electron chi connectivity index (χ0n) is 9.35. The van der Waals surface area contributed by atoms with Gasteiger partial charge in [-0.05, 0) is 18.2 Å². The first-order chi connectivity index (χ1) is 7.84. The molecule has 0 aliphatic carbocycles. The molecule has 0 bridgehead atoms. The average molecular weight is 241 g/mol. The number of phenols is 1. The Morgan fingerprint density at radius 1 is 1.19 bits per heavy atom. The number of para-hydroxylation sites is 1. The molecule has 1 rings (SSSR count). The van der Waals surface area contributed by atoms with Gasteiger partial charge in [-0.25, -0.2) is 0 Å². The van der Waals surface area contributed by atoms with Gasteiger partial charge in [-0.3, -0.25) is 0 Å². The standard InChI is InChI=1S/C12H19NO2S/c14-7-3-8-16-9-6-13-10-11-4-1-2-5-12(11)15/h1-2,4-5,13-15H,3,6-10H2. The second-order valence-corrected chi connectivity index (χ2v) is 4.72. The molecule has 0 aliphatic rings. The van der Waals surface area contributed by atoms with Crippen molar-refractivity contribution in [2.24, 2.45) is 0 Å². The van der Waals surface area contributed by atoms with Crippen LogP contribution in [0.1, 0.15) is 12.0 Å². The van der Waals surface area contributed by atoms with Crippen LogP contribution in [0, 0.1) is 0 Å². The SMILES string of the molecule is OCCCSCCNCc1ccccc1O. The van der Waals surface area contributed by atoms with E-state index in [1.807, 2.05) is 30.0 Å². The summed E-state index contributed by atoms with van der Waals surface area (Å²) >= 11 is 1.83. The molecular formula is C12H19NO2S. The number of aliphatic hydroxyl groups is 1. The Morgan fingerprint density at radius 3 is 2.75 bits per heavy atom. The Kier molecular flexibility index (Phi) is 7.05. The van der Waals surface area contributed by atoms with Crippen molar-refractivity contribution in [2.75, 3.05) is 24.7 Å². The number of benzene rings is 1. The van der Waals surface area contributed by atoms with Gasteiger partial charge in [0, 0.05) is 31.0 Å². The molecule has 0 saturated heterocycles. The minimum absolute atomic E-state index is 0.276. The molecule has 0 radical (unpaired) electrons. The van der Waals surface area contributed by atoms with Crippen LogP contribution in [0.3, 0.4) is 0 Å². The summed E-state index contributed by atoms with van der Waals surface area (Å²) in [6, 6.07) is 7.37.